The molecule has 0 aliphatic heterocycles. The number of hydrogen-bond acceptors (Lipinski definition) is 6. The molecule has 7 nitrogen and oxygen atoms in total. The maximum Gasteiger partial charge on any atom is 0.333 e. The van der Waals surface area contributed by atoms with Crippen LogP contribution in [0.4, 0.5) is 11.4 Å². The molecule has 7 heteroatoms. The lowest BCUT2D eigenvalue weighted by Gasteiger charge is -2.07. The molecule has 0 saturated carbocycles. The van der Waals surface area contributed by atoms with Crippen LogP contribution in [0.1, 0.15) is 81.4 Å². The molecule has 0 aliphatic rings. The summed E-state index contributed by atoms with van der Waals surface area (Å²) in [5, 5.41) is 10.8. The number of hydrogen-bond donors (Lipinski definition) is 0. The lowest BCUT2D eigenvalue weighted by molar-refractivity contribution is -0.384. The third-order valence-corrected chi connectivity index (χ3v) is 6.85. The molecule has 0 spiro atoms. The highest BCUT2D eigenvalue weighted by Crippen LogP contribution is 2.18. The summed E-state index contributed by atoms with van der Waals surface area (Å²) in [6.07, 6.45) is 16.1. The fourth-order valence-electron chi connectivity index (χ4n) is 4.29. The zero-order valence-corrected chi connectivity index (χ0v) is 25.1. The van der Waals surface area contributed by atoms with Gasteiger partial charge in [-0.05, 0) is 85.0 Å². The summed E-state index contributed by atoms with van der Waals surface area (Å²) >= 11 is 0. The molecule has 3 rings (SSSR count). The molecule has 0 amide bonds. The number of carbonyl (C=O) groups excluding carboxylic acids is 1. The number of benzene rings is 3. The van der Waals surface area contributed by atoms with Crippen molar-refractivity contribution in [3.63, 3.8) is 0 Å². The van der Waals surface area contributed by atoms with Crippen LogP contribution in [0, 0.1) is 10.1 Å². The summed E-state index contributed by atoms with van der Waals surface area (Å²) in [4.78, 5) is 26.2. The number of esters is 1. The van der Waals surface area contributed by atoms with Gasteiger partial charge in [0, 0.05) is 23.9 Å². The van der Waals surface area contributed by atoms with E-state index in [1.807, 2.05) is 66.9 Å². The molecule has 0 aromatic heterocycles. The molecule has 0 radical (unpaired) electrons. The SMILES string of the molecule is C=C(C)C(=O)OCCCCCCCCCCCOc1ccc(C=Nc2ccc(/C=C/c3ccc([N+](=O)[O-])cc3)cc2)cc1. The minimum atomic E-state index is -0.401. The summed E-state index contributed by atoms with van der Waals surface area (Å²) in [5.41, 5.74) is 4.32. The lowest BCUT2D eigenvalue weighted by Crippen LogP contribution is -2.05. The quantitative estimate of drug-likeness (QED) is 0.0267. The highest BCUT2D eigenvalue weighted by molar-refractivity contribution is 5.86. The first-order chi connectivity index (χ1) is 20.9. The van der Waals surface area contributed by atoms with Crippen LogP contribution in [0.15, 0.2) is 89.9 Å². The summed E-state index contributed by atoms with van der Waals surface area (Å²) in [5.74, 6) is 0.579. The molecule has 0 aliphatic carbocycles. The monoisotopic (exact) mass is 582 g/mol. The van der Waals surface area contributed by atoms with E-state index in [1.165, 1.54) is 50.7 Å². The number of ether oxygens (including phenoxy) is 2. The van der Waals surface area contributed by atoms with Gasteiger partial charge in [-0.2, -0.15) is 0 Å². The lowest BCUT2D eigenvalue weighted by atomic mass is 10.1. The average Bonchev–Trinajstić information content (AvgIpc) is 3.02. The highest BCUT2D eigenvalue weighted by atomic mass is 16.6. The number of carbonyl (C=O) groups is 1. The number of nitro groups is 1. The Labute approximate surface area is 255 Å². The molecule has 0 N–H and O–H groups in total. The number of aliphatic imine (C=N–C) groups is 1. The van der Waals surface area contributed by atoms with Gasteiger partial charge in [0.1, 0.15) is 5.75 Å². The molecule has 0 saturated heterocycles. The molecule has 0 unspecified atom stereocenters. The predicted octanol–water partition coefficient (Wildman–Crippen LogP) is 9.52. The fourth-order valence-corrected chi connectivity index (χ4v) is 4.29. The molecule has 0 heterocycles. The molecule has 0 bridgehead atoms. The Hall–Kier alpha value is -4.52. The number of non-ortho nitro benzene ring substituents is 1. The first-order valence-electron chi connectivity index (χ1n) is 15.0. The van der Waals surface area contributed by atoms with Crippen LogP contribution >= 0.6 is 0 Å². The van der Waals surface area contributed by atoms with Gasteiger partial charge in [0.25, 0.3) is 5.69 Å². The minimum Gasteiger partial charge on any atom is -0.494 e. The van der Waals surface area contributed by atoms with Crippen molar-refractivity contribution >= 4 is 35.7 Å². The van der Waals surface area contributed by atoms with E-state index >= 15 is 0 Å². The molecule has 3 aromatic carbocycles. The highest BCUT2D eigenvalue weighted by Gasteiger charge is 2.03. The first-order valence-corrected chi connectivity index (χ1v) is 15.0. The molecular formula is C36H42N2O5. The van der Waals surface area contributed by atoms with E-state index in [0.717, 1.165) is 54.0 Å². The predicted molar refractivity (Wildman–Crippen MR) is 175 cm³/mol. The van der Waals surface area contributed by atoms with Gasteiger partial charge in [0.05, 0.1) is 23.8 Å². The van der Waals surface area contributed by atoms with Crippen molar-refractivity contribution < 1.29 is 19.2 Å². The maximum absolute atomic E-state index is 11.3. The normalized spacial score (nSPS) is 11.2. The molecule has 43 heavy (non-hydrogen) atoms. The van der Waals surface area contributed by atoms with Crippen LogP contribution in [0.25, 0.3) is 12.2 Å². The topological polar surface area (TPSA) is 91.0 Å². The van der Waals surface area contributed by atoms with E-state index in [-0.39, 0.29) is 11.7 Å². The van der Waals surface area contributed by atoms with Crippen LogP contribution in [-0.2, 0) is 9.53 Å². The number of rotatable bonds is 19. The first kappa shape index (κ1) is 33.0. The standard InChI is InChI=1S/C36H42N2O5/c1-29(2)36(39)43-27-11-9-7-5-3-4-6-8-10-26-42-35-24-18-32(19-25-35)28-37-33-20-14-30(15-21-33)12-13-31-16-22-34(23-17-31)38(40)41/h12-25,28H,1,3-11,26-27H2,2H3/b13-12+,37-28?. The summed E-state index contributed by atoms with van der Waals surface area (Å²) in [6, 6.07) is 22.3. The van der Waals surface area contributed by atoms with Gasteiger partial charge in [-0.3, -0.25) is 15.1 Å². The van der Waals surface area contributed by atoms with E-state index in [4.69, 9.17) is 9.47 Å². The largest absolute Gasteiger partial charge is 0.494 e. The van der Waals surface area contributed by atoms with Crippen molar-refractivity contribution in [2.75, 3.05) is 13.2 Å². The van der Waals surface area contributed by atoms with Gasteiger partial charge in [0.15, 0.2) is 0 Å². The van der Waals surface area contributed by atoms with E-state index in [0.29, 0.717) is 12.2 Å². The van der Waals surface area contributed by atoms with Gasteiger partial charge >= 0.3 is 5.97 Å². The Bertz CT molecular complexity index is 1340. The number of nitrogens with zero attached hydrogens (tertiary/aromatic N) is 2. The smallest absolute Gasteiger partial charge is 0.333 e. The van der Waals surface area contributed by atoms with E-state index in [9.17, 15) is 14.9 Å². The van der Waals surface area contributed by atoms with Crippen LogP contribution in [0.5, 0.6) is 5.75 Å². The van der Waals surface area contributed by atoms with Gasteiger partial charge < -0.3 is 9.47 Å². The molecule has 226 valence electrons. The Kier molecular flexibility index (Phi) is 14.4. The molecule has 3 aromatic rings. The van der Waals surface area contributed by atoms with E-state index < -0.39 is 4.92 Å². The maximum atomic E-state index is 11.3. The van der Waals surface area contributed by atoms with Crippen molar-refractivity contribution in [1.29, 1.82) is 0 Å². The van der Waals surface area contributed by atoms with Crippen LogP contribution in [0.2, 0.25) is 0 Å². The van der Waals surface area contributed by atoms with Crippen molar-refractivity contribution in [3.05, 3.63) is 112 Å². The molecular weight excluding hydrogens is 540 g/mol. The second kappa shape index (κ2) is 18.8. The fraction of sp³-hybridized carbons (Fsp3) is 0.333. The zero-order chi connectivity index (χ0) is 30.7. The second-order valence-electron chi connectivity index (χ2n) is 10.5. The van der Waals surface area contributed by atoms with Gasteiger partial charge in [-0.1, -0.05) is 75.8 Å². The Morgan fingerprint density at radius 3 is 1.77 bits per heavy atom. The zero-order valence-electron chi connectivity index (χ0n) is 25.1. The summed E-state index contributed by atoms with van der Waals surface area (Å²) < 4.78 is 11.0. The number of unbranched alkanes of at least 4 members (excludes halogenated alkanes) is 8. The minimum absolute atomic E-state index is 0.0844. The second-order valence-corrected chi connectivity index (χ2v) is 10.5. The third kappa shape index (κ3) is 13.3. The van der Waals surface area contributed by atoms with Crippen LogP contribution in [-0.4, -0.2) is 30.3 Å². The van der Waals surface area contributed by atoms with Gasteiger partial charge in [0.2, 0.25) is 0 Å². The van der Waals surface area contributed by atoms with Crippen molar-refractivity contribution in [3.8, 4) is 5.75 Å². The molecule has 0 atom stereocenters. The Morgan fingerprint density at radius 2 is 1.23 bits per heavy atom. The van der Waals surface area contributed by atoms with Crippen molar-refractivity contribution in [2.24, 2.45) is 4.99 Å². The average molecular weight is 583 g/mol. The van der Waals surface area contributed by atoms with E-state index in [2.05, 4.69) is 11.6 Å². The molecule has 0 fully saturated rings. The van der Waals surface area contributed by atoms with Crippen molar-refractivity contribution in [1.82, 2.24) is 0 Å². The Balaban J connectivity index is 1.25. The van der Waals surface area contributed by atoms with Gasteiger partial charge in [-0.25, -0.2) is 4.79 Å². The third-order valence-electron chi connectivity index (χ3n) is 6.85. The summed E-state index contributed by atoms with van der Waals surface area (Å²) in [7, 11) is 0. The van der Waals surface area contributed by atoms with Crippen molar-refractivity contribution in [2.45, 2.75) is 64.7 Å². The van der Waals surface area contributed by atoms with Crippen LogP contribution < -0.4 is 4.74 Å². The summed E-state index contributed by atoms with van der Waals surface area (Å²) in [6.45, 7) is 6.47. The van der Waals surface area contributed by atoms with Gasteiger partial charge in [-0.15, -0.1) is 0 Å². The number of nitro benzene ring substituents is 1. The van der Waals surface area contributed by atoms with E-state index in [1.54, 1.807) is 19.1 Å². The Morgan fingerprint density at radius 1 is 0.744 bits per heavy atom. The van der Waals surface area contributed by atoms with Crippen LogP contribution in [0.3, 0.4) is 0 Å².